The molecule has 0 bridgehead atoms. The first-order chi connectivity index (χ1) is 8.77. The van der Waals surface area contributed by atoms with Gasteiger partial charge in [-0.15, -0.1) is 0 Å². The molecule has 0 aliphatic carbocycles. The number of hydrogen-bond donors (Lipinski definition) is 2. The van der Waals surface area contributed by atoms with Crippen molar-refractivity contribution in [1.29, 1.82) is 0 Å². The van der Waals surface area contributed by atoms with Crippen LogP contribution in [0.4, 0.5) is 13.2 Å². The molecule has 0 spiro atoms. The molecule has 9 heteroatoms. The molecule has 19 heavy (non-hydrogen) atoms. The van der Waals surface area contributed by atoms with Crippen molar-refractivity contribution in [2.75, 3.05) is 0 Å². The predicted octanol–water partition coefficient (Wildman–Crippen LogP) is 1.18. The monoisotopic (exact) mass is 276 g/mol. The Morgan fingerprint density at radius 3 is 2.58 bits per heavy atom. The summed E-state index contributed by atoms with van der Waals surface area (Å²) >= 11 is 0. The number of aromatic nitrogens is 2. The number of nitrogens with one attached hydrogen (secondary N) is 2. The van der Waals surface area contributed by atoms with Crippen LogP contribution >= 0.6 is 0 Å². The van der Waals surface area contributed by atoms with Crippen LogP contribution < -0.4 is 11.1 Å². The second-order valence-electron chi connectivity index (χ2n) is 4.35. The normalized spacial score (nSPS) is 20.0. The fourth-order valence-corrected chi connectivity index (χ4v) is 1.51. The highest BCUT2D eigenvalue weighted by Crippen LogP contribution is 2.27. The molecule has 2 heterocycles. The van der Waals surface area contributed by atoms with E-state index in [9.17, 15) is 18.0 Å². The Labute approximate surface area is 105 Å². The van der Waals surface area contributed by atoms with E-state index in [0.29, 0.717) is 0 Å². The second-order valence-corrected chi connectivity index (χ2v) is 4.35. The lowest BCUT2D eigenvalue weighted by atomic mass is 10.1. The number of H-pyrrole nitrogens is 1. The van der Waals surface area contributed by atoms with Gasteiger partial charge < -0.3 is 5.32 Å². The third-order valence-corrected chi connectivity index (χ3v) is 2.48. The summed E-state index contributed by atoms with van der Waals surface area (Å²) in [5, 5.41) is 5.63. The van der Waals surface area contributed by atoms with Crippen LogP contribution in [0.1, 0.15) is 19.7 Å². The zero-order chi connectivity index (χ0) is 14.2. The van der Waals surface area contributed by atoms with Gasteiger partial charge in [-0.25, -0.2) is 4.79 Å². The number of alkyl halides is 3. The maximum Gasteiger partial charge on any atom is 0.439 e. The first kappa shape index (κ1) is 13.4. The van der Waals surface area contributed by atoms with Gasteiger partial charge in [0.15, 0.2) is 0 Å². The van der Waals surface area contributed by atoms with E-state index in [0.717, 1.165) is 6.08 Å². The van der Waals surface area contributed by atoms with Gasteiger partial charge in [0.2, 0.25) is 5.82 Å². The van der Waals surface area contributed by atoms with Crippen molar-refractivity contribution in [1.82, 2.24) is 15.5 Å². The van der Waals surface area contributed by atoms with Gasteiger partial charge in [0.25, 0.3) is 0 Å². The summed E-state index contributed by atoms with van der Waals surface area (Å²) in [7, 11) is 0. The fourth-order valence-electron chi connectivity index (χ4n) is 1.51. The van der Waals surface area contributed by atoms with Crippen LogP contribution in [-0.4, -0.2) is 28.2 Å². The SMILES string of the molecule is CC(C)C1N=C(c2noc(=O)[nH]2)C=C(C(F)(F)F)N1. The molecule has 1 aliphatic rings. The predicted molar refractivity (Wildman–Crippen MR) is 59.6 cm³/mol. The number of rotatable bonds is 2. The number of nitrogens with zero attached hydrogens (tertiary/aromatic N) is 2. The molecule has 1 atom stereocenters. The summed E-state index contributed by atoms with van der Waals surface area (Å²) in [4.78, 5) is 17.1. The molecule has 0 fully saturated rings. The Bertz CT molecular complexity index is 582. The number of aliphatic imine (C=N–C) groups is 1. The maximum atomic E-state index is 12.8. The Hall–Kier alpha value is -2.06. The highest BCUT2D eigenvalue weighted by Gasteiger charge is 2.38. The molecule has 0 amide bonds. The average Bonchev–Trinajstić information content (AvgIpc) is 2.74. The van der Waals surface area contributed by atoms with Crippen LogP contribution in [-0.2, 0) is 0 Å². The van der Waals surface area contributed by atoms with Gasteiger partial charge in [-0.2, -0.15) is 13.2 Å². The van der Waals surface area contributed by atoms with Gasteiger partial charge in [0, 0.05) is 0 Å². The molecule has 1 aromatic heterocycles. The van der Waals surface area contributed by atoms with Crippen molar-refractivity contribution in [3.63, 3.8) is 0 Å². The molecular weight excluding hydrogens is 265 g/mol. The molecule has 1 unspecified atom stereocenters. The molecule has 0 saturated carbocycles. The molecular formula is C10H11F3N4O2. The highest BCUT2D eigenvalue weighted by molar-refractivity contribution is 6.06. The van der Waals surface area contributed by atoms with Crippen molar-refractivity contribution in [3.05, 3.63) is 28.1 Å². The molecule has 1 aliphatic heterocycles. The van der Waals surface area contributed by atoms with Gasteiger partial charge in [0.1, 0.15) is 17.6 Å². The smallest absolute Gasteiger partial charge is 0.360 e. The number of allylic oxidation sites excluding steroid dienone is 2. The maximum absolute atomic E-state index is 12.8. The number of hydrogen-bond acceptors (Lipinski definition) is 5. The zero-order valence-corrected chi connectivity index (χ0v) is 10.1. The van der Waals surface area contributed by atoms with E-state index in [2.05, 4.69) is 25.0 Å². The third-order valence-electron chi connectivity index (χ3n) is 2.48. The van der Waals surface area contributed by atoms with E-state index in [1.807, 2.05) is 0 Å². The molecule has 6 nitrogen and oxygen atoms in total. The summed E-state index contributed by atoms with van der Waals surface area (Å²) in [5.41, 5.74) is -1.00. The van der Waals surface area contributed by atoms with E-state index in [1.165, 1.54) is 0 Å². The Morgan fingerprint density at radius 1 is 1.42 bits per heavy atom. The van der Waals surface area contributed by atoms with Gasteiger partial charge in [-0.3, -0.25) is 14.5 Å². The van der Waals surface area contributed by atoms with E-state index >= 15 is 0 Å². The van der Waals surface area contributed by atoms with Gasteiger partial charge in [-0.05, 0) is 12.0 Å². The molecule has 0 aromatic carbocycles. The first-order valence-electron chi connectivity index (χ1n) is 5.47. The van der Waals surface area contributed by atoms with E-state index < -0.39 is 23.8 Å². The second kappa shape index (κ2) is 4.56. The minimum atomic E-state index is -4.53. The van der Waals surface area contributed by atoms with E-state index in [-0.39, 0.29) is 17.5 Å². The van der Waals surface area contributed by atoms with E-state index in [1.54, 1.807) is 13.8 Å². The Kier molecular flexibility index (Phi) is 3.21. The van der Waals surface area contributed by atoms with Crippen molar-refractivity contribution >= 4 is 5.71 Å². The lowest BCUT2D eigenvalue weighted by molar-refractivity contribution is -0.0982. The largest absolute Gasteiger partial charge is 0.439 e. The van der Waals surface area contributed by atoms with Gasteiger partial charge >= 0.3 is 11.9 Å². The van der Waals surface area contributed by atoms with Crippen molar-refractivity contribution in [3.8, 4) is 0 Å². The van der Waals surface area contributed by atoms with Crippen LogP contribution in [0.2, 0.25) is 0 Å². The molecule has 1 aromatic rings. The first-order valence-corrected chi connectivity index (χ1v) is 5.47. The van der Waals surface area contributed by atoms with Crippen LogP contribution in [0.5, 0.6) is 0 Å². The summed E-state index contributed by atoms with van der Waals surface area (Å²) in [6, 6.07) is 0. The zero-order valence-electron chi connectivity index (χ0n) is 10.1. The lowest BCUT2D eigenvalue weighted by Crippen LogP contribution is -2.41. The standard InChI is InChI=1S/C10H11F3N4O2/c1-4(2)7-14-5(8-16-9(18)19-17-8)3-6(15-7)10(11,12)13/h3-4,7,15H,1-2H3,(H,16,17,18). The van der Waals surface area contributed by atoms with Crippen molar-refractivity contribution in [2.45, 2.75) is 26.2 Å². The summed E-state index contributed by atoms with van der Waals surface area (Å²) in [5.74, 6) is -1.14. The Morgan fingerprint density at radius 2 is 2.11 bits per heavy atom. The van der Waals surface area contributed by atoms with Crippen LogP contribution in [0.3, 0.4) is 0 Å². The molecule has 2 N–H and O–H groups in total. The highest BCUT2D eigenvalue weighted by atomic mass is 19.4. The third kappa shape index (κ3) is 2.85. The molecule has 2 rings (SSSR count). The average molecular weight is 276 g/mol. The lowest BCUT2D eigenvalue weighted by Gasteiger charge is -2.26. The van der Waals surface area contributed by atoms with Gasteiger partial charge in [0.05, 0.1) is 0 Å². The number of halogens is 3. The quantitative estimate of drug-likeness (QED) is 0.849. The summed E-state index contributed by atoms with van der Waals surface area (Å²) in [6.45, 7) is 3.45. The topological polar surface area (TPSA) is 83.3 Å². The van der Waals surface area contributed by atoms with Crippen LogP contribution in [0.25, 0.3) is 0 Å². The minimum Gasteiger partial charge on any atom is -0.360 e. The van der Waals surface area contributed by atoms with Crippen LogP contribution in [0.15, 0.2) is 26.1 Å². The fraction of sp³-hybridized carbons (Fsp3) is 0.500. The van der Waals surface area contributed by atoms with E-state index in [4.69, 9.17) is 0 Å². The molecule has 104 valence electrons. The Balaban J connectivity index is 2.43. The molecule has 0 radical (unpaired) electrons. The van der Waals surface area contributed by atoms with Crippen molar-refractivity contribution < 1.29 is 17.7 Å². The van der Waals surface area contributed by atoms with Crippen molar-refractivity contribution in [2.24, 2.45) is 10.9 Å². The minimum absolute atomic E-state index is 0.0735. The number of aromatic amines is 1. The summed E-state index contributed by atoms with van der Waals surface area (Å²) < 4.78 is 42.6. The van der Waals surface area contributed by atoms with Gasteiger partial charge in [-0.1, -0.05) is 19.0 Å². The summed E-state index contributed by atoms with van der Waals surface area (Å²) in [6.07, 6.45) is -4.50. The van der Waals surface area contributed by atoms with Crippen LogP contribution in [0, 0.1) is 5.92 Å². The molecule has 0 saturated heterocycles.